The number of thiazole rings is 1. The summed E-state index contributed by atoms with van der Waals surface area (Å²) in [4.78, 5) is 5.91. The molecule has 2 rings (SSSR count). The Morgan fingerprint density at radius 2 is 2.21 bits per heavy atom. The first-order chi connectivity index (χ1) is 9.15. The number of rotatable bonds is 5. The van der Waals surface area contributed by atoms with Crippen LogP contribution >= 0.6 is 11.3 Å². The van der Waals surface area contributed by atoms with E-state index in [1.54, 1.807) is 18.4 Å². The third-order valence-corrected chi connectivity index (χ3v) is 4.23. The van der Waals surface area contributed by atoms with E-state index in [4.69, 9.17) is 10.5 Å². The molecule has 0 saturated carbocycles. The standard InChI is InChI=1S/C15H20N2OS/c1-4-13-10(2)19-15(17-13)14(16)12-7-5-6-11(8-12)9-18-3/h5-8,14H,4,9,16H2,1-3H3. The van der Waals surface area contributed by atoms with Crippen molar-refractivity contribution in [3.63, 3.8) is 0 Å². The van der Waals surface area contributed by atoms with Gasteiger partial charge in [-0.15, -0.1) is 11.3 Å². The first kappa shape index (κ1) is 14.2. The molecule has 0 aliphatic rings. The minimum Gasteiger partial charge on any atom is -0.380 e. The molecule has 19 heavy (non-hydrogen) atoms. The molecular weight excluding hydrogens is 256 g/mol. The van der Waals surface area contributed by atoms with Crippen LogP contribution in [-0.2, 0) is 17.8 Å². The zero-order valence-corrected chi connectivity index (χ0v) is 12.5. The lowest BCUT2D eigenvalue weighted by Gasteiger charge is -2.10. The van der Waals surface area contributed by atoms with Gasteiger partial charge in [-0.05, 0) is 24.5 Å². The van der Waals surface area contributed by atoms with Crippen LogP contribution in [0.15, 0.2) is 24.3 Å². The summed E-state index contributed by atoms with van der Waals surface area (Å²) in [5.74, 6) is 0. The number of hydrogen-bond donors (Lipinski definition) is 1. The van der Waals surface area contributed by atoms with E-state index < -0.39 is 0 Å². The van der Waals surface area contributed by atoms with Gasteiger partial charge in [0.05, 0.1) is 18.3 Å². The number of aryl methyl sites for hydroxylation is 2. The first-order valence-electron chi connectivity index (χ1n) is 6.45. The molecular formula is C15H20N2OS. The van der Waals surface area contributed by atoms with Crippen molar-refractivity contribution in [1.82, 2.24) is 4.98 Å². The Kier molecular flexibility index (Phi) is 4.69. The van der Waals surface area contributed by atoms with Crippen molar-refractivity contribution < 1.29 is 4.74 Å². The predicted octanol–water partition coefficient (Wildman–Crippen LogP) is 3.21. The van der Waals surface area contributed by atoms with Crippen LogP contribution in [0.1, 0.15) is 39.7 Å². The Morgan fingerprint density at radius 3 is 2.84 bits per heavy atom. The smallest absolute Gasteiger partial charge is 0.114 e. The summed E-state index contributed by atoms with van der Waals surface area (Å²) in [5, 5.41) is 0.990. The normalized spacial score (nSPS) is 12.6. The Hall–Kier alpha value is -1.23. The van der Waals surface area contributed by atoms with Gasteiger partial charge in [0.1, 0.15) is 5.01 Å². The topological polar surface area (TPSA) is 48.1 Å². The van der Waals surface area contributed by atoms with Gasteiger partial charge in [-0.25, -0.2) is 4.98 Å². The van der Waals surface area contributed by atoms with Crippen LogP contribution < -0.4 is 5.73 Å². The SMILES string of the molecule is CCc1nc(C(N)c2cccc(COC)c2)sc1C. The van der Waals surface area contributed by atoms with Gasteiger partial charge in [-0.1, -0.05) is 31.2 Å². The van der Waals surface area contributed by atoms with Gasteiger partial charge in [0, 0.05) is 12.0 Å². The van der Waals surface area contributed by atoms with Gasteiger partial charge in [-0.2, -0.15) is 0 Å². The number of aromatic nitrogens is 1. The van der Waals surface area contributed by atoms with E-state index >= 15 is 0 Å². The number of hydrogen-bond acceptors (Lipinski definition) is 4. The second-order valence-corrected chi connectivity index (χ2v) is 5.80. The highest BCUT2D eigenvalue weighted by atomic mass is 32.1. The predicted molar refractivity (Wildman–Crippen MR) is 79.4 cm³/mol. The minimum absolute atomic E-state index is 0.152. The van der Waals surface area contributed by atoms with Crippen LogP contribution in [0, 0.1) is 6.92 Å². The van der Waals surface area contributed by atoms with Crippen LogP contribution in [0.3, 0.4) is 0 Å². The molecule has 2 aromatic rings. The molecule has 0 spiro atoms. The molecule has 0 fully saturated rings. The van der Waals surface area contributed by atoms with Gasteiger partial charge < -0.3 is 10.5 Å². The number of nitrogens with zero attached hydrogens (tertiary/aromatic N) is 1. The molecule has 1 aromatic carbocycles. The van der Waals surface area contributed by atoms with Gasteiger partial charge >= 0.3 is 0 Å². The Morgan fingerprint density at radius 1 is 1.42 bits per heavy atom. The summed E-state index contributed by atoms with van der Waals surface area (Å²) in [7, 11) is 1.70. The molecule has 4 heteroatoms. The maximum absolute atomic E-state index is 6.33. The second kappa shape index (κ2) is 6.28. The molecule has 0 radical (unpaired) electrons. The molecule has 0 saturated heterocycles. The van der Waals surface area contributed by atoms with Crippen LogP contribution in [0.4, 0.5) is 0 Å². The summed E-state index contributed by atoms with van der Waals surface area (Å²) in [6, 6.07) is 8.05. The average molecular weight is 276 g/mol. The highest BCUT2D eigenvalue weighted by Crippen LogP contribution is 2.27. The fourth-order valence-corrected chi connectivity index (χ4v) is 3.14. The number of benzene rings is 1. The van der Waals surface area contributed by atoms with E-state index in [2.05, 4.69) is 24.9 Å². The second-order valence-electron chi connectivity index (χ2n) is 4.56. The number of nitrogens with two attached hydrogens (primary N) is 1. The molecule has 1 heterocycles. The van der Waals surface area contributed by atoms with Crippen molar-refractivity contribution in [3.05, 3.63) is 51.0 Å². The van der Waals surface area contributed by atoms with Crippen LogP contribution in [0.5, 0.6) is 0 Å². The van der Waals surface area contributed by atoms with Gasteiger partial charge in [0.25, 0.3) is 0 Å². The lowest BCUT2D eigenvalue weighted by molar-refractivity contribution is 0.185. The summed E-state index contributed by atoms with van der Waals surface area (Å²) in [6.07, 6.45) is 0.957. The first-order valence-corrected chi connectivity index (χ1v) is 7.27. The monoisotopic (exact) mass is 276 g/mol. The maximum Gasteiger partial charge on any atom is 0.114 e. The highest BCUT2D eigenvalue weighted by Gasteiger charge is 2.15. The van der Waals surface area contributed by atoms with E-state index in [1.807, 2.05) is 18.2 Å². The van der Waals surface area contributed by atoms with Crippen molar-refractivity contribution in [2.24, 2.45) is 5.73 Å². The number of ether oxygens (including phenoxy) is 1. The summed E-state index contributed by atoms with van der Waals surface area (Å²) < 4.78 is 5.16. The molecule has 0 aliphatic heterocycles. The van der Waals surface area contributed by atoms with Crippen molar-refractivity contribution in [2.75, 3.05) is 7.11 Å². The third kappa shape index (κ3) is 3.21. The minimum atomic E-state index is -0.152. The zero-order chi connectivity index (χ0) is 13.8. The molecule has 1 unspecified atom stereocenters. The molecule has 1 atom stereocenters. The van der Waals surface area contributed by atoms with Crippen molar-refractivity contribution in [3.8, 4) is 0 Å². The van der Waals surface area contributed by atoms with Crippen molar-refractivity contribution in [2.45, 2.75) is 32.9 Å². The van der Waals surface area contributed by atoms with Gasteiger partial charge in [0.2, 0.25) is 0 Å². The molecule has 0 bridgehead atoms. The quantitative estimate of drug-likeness (QED) is 0.912. The van der Waals surface area contributed by atoms with E-state index in [1.165, 1.54) is 4.88 Å². The van der Waals surface area contributed by atoms with Crippen molar-refractivity contribution >= 4 is 11.3 Å². The Labute approximate surface area is 118 Å². The largest absolute Gasteiger partial charge is 0.380 e. The maximum atomic E-state index is 6.33. The molecule has 102 valence electrons. The van der Waals surface area contributed by atoms with Crippen LogP contribution in [0.25, 0.3) is 0 Å². The number of methoxy groups -OCH3 is 1. The average Bonchev–Trinajstić information content (AvgIpc) is 2.80. The molecule has 3 nitrogen and oxygen atoms in total. The van der Waals surface area contributed by atoms with Gasteiger partial charge in [-0.3, -0.25) is 0 Å². The third-order valence-electron chi connectivity index (χ3n) is 3.13. The van der Waals surface area contributed by atoms with E-state index in [0.29, 0.717) is 6.61 Å². The van der Waals surface area contributed by atoms with Crippen LogP contribution in [-0.4, -0.2) is 12.1 Å². The Balaban J connectivity index is 2.27. The lowest BCUT2D eigenvalue weighted by Crippen LogP contribution is -2.12. The molecule has 2 N–H and O–H groups in total. The summed E-state index contributed by atoms with van der Waals surface area (Å²) in [5.41, 5.74) is 9.71. The summed E-state index contributed by atoms with van der Waals surface area (Å²) in [6.45, 7) is 4.84. The summed E-state index contributed by atoms with van der Waals surface area (Å²) >= 11 is 1.69. The van der Waals surface area contributed by atoms with E-state index in [9.17, 15) is 0 Å². The Bertz CT molecular complexity index is 551. The molecule has 0 aliphatic carbocycles. The fraction of sp³-hybridized carbons (Fsp3) is 0.400. The van der Waals surface area contributed by atoms with Gasteiger partial charge in [0.15, 0.2) is 0 Å². The van der Waals surface area contributed by atoms with E-state index in [0.717, 1.165) is 28.2 Å². The molecule has 1 aromatic heterocycles. The lowest BCUT2D eigenvalue weighted by atomic mass is 10.1. The van der Waals surface area contributed by atoms with Crippen molar-refractivity contribution in [1.29, 1.82) is 0 Å². The molecule has 0 amide bonds. The van der Waals surface area contributed by atoms with E-state index in [-0.39, 0.29) is 6.04 Å². The van der Waals surface area contributed by atoms with Crippen LogP contribution in [0.2, 0.25) is 0 Å². The fourth-order valence-electron chi connectivity index (χ4n) is 2.10. The highest BCUT2D eigenvalue weighted by molar-refractivity contribution is 7.11. The zero-order valence-electron chi connectivity index (χ0n) is 11.6.